The number of nitrogens with one attached hydrogen (secondary N) is 1. The molecule has 0 aromatic carbocycles. The molecule has 0 saturated carbocycles. The van der Waals surface area contributed by atoms with Crippen LogP contribution in [0.2, 0.25) is 0 Å². The summed E-state index contributed by atoms with van der Waals surface area (Å²) in [5, 5.41) is 2.58. The molecule has 0 atom stereocenters. The molecule has 0 radical (unpaired) electrons. The molecule has 0 aliphatic heterocycles. The van der Waals surface area contributed by atoms with Crippen LogP contribution in [0, 0.1) is 0 Å². The Bertz CT molecular complexity index is 370. The standard InChI is InChI=1S/C21H41NO4S2/c1-3-5-6-7-8-9-10-11-12-13-14-15-20(23)25-16-18-27-28-19-17-26-21(24)22-4-2/h3-19H2,1-2H3,(H,22,24). The van der Waals surface area contributed by atoms with Crippen molar-refractivity contribution in [1.82, 2.24) is 5.32 Å². The smallest absolute Gasteiger partial charge is 0.407 e. The molecular weight excluding hydrogens is 394 g/mol. The average Bonchev–Trinajstić information content (AvgIpc) is 2.68. The summed E-state index contributed by atoms with van der Waals surface area (Å²) in [5.41, 5.74) is 0. The number of amides is 1. The molecule has 0 heterocycles. The van der Waals surface area contributed by atoms with Crippen LogP contribution in [0.25, 0.3) is 0 Å². The number of alkyl carbamates (subject to hydrolysis) is 1. The van der Waals surface area contributed by atoms with Crippen molar-refractivity contribution in [3.63, 3.8) is 0 Å². The first kappa shape index (κ1) is 27.4. The molecule has 5 nitrogen and oxygen atoms in total. The van der Waals surface area contributed by atoms with Gasteiger partial charge in [0.15, 0.2) is 0 Å². The van der Waals surface area contributed by atoms with E-state index in [9.17, 15) is 9.59 Å². The van der Waals surface area contributed by atoms with Crippen molar-refractivity contribution in [2.45, 2.75) is 90.9 Å². The summed E-state index contributed by atoms with van der Waals surface area (Å²) in [6.07, 6.45) is 14.3. The van der Waals surface area contributed by atoms with Gasteiger partial charge in [-0.2, -0.15) is 0 Å². The Kier molecular flexibility index (Phi) is 22.3. The molecule has 0 saturated heterocycles. The molecule has 1 amide bonds. The Morgan fingerprint density at radius 1 is 0.714 bits per heavy atom. The maximum atomic E-state index is 11.7. The second-order valence-electron chi connectivity index (χ2n) is 6.82. The SMILES string of the molecule is CCCCCCCCCCCCCC(=O)OCCSSCCOC(=O)NCC. The van der Waals surface area contributed by atoms with Gasteiger partial charge in [0.05, 0.1) is 0 Å². The summed E-state index contributed by atoms with van der Waals surface area (Å²) >= 11 is 0. The molecule has 0 aliphatic carbocycles. The van der Waals surface area contributed by atoms with Crippen molar-refractivity contribution in [3.8, 4) is 0 Å². The number of unbranched alkanes of at least 4 members (excludes halogenated alkanes) is 10. The molecule has 0 fully saturated rings. The molecule has 1 N–H and O–H groups in total. The van der Waals surface area contributed by atoms with Crippen molar-refractivity contribution in [2.24, 2.45) is 0 Å². The quantitative estimate of drug-likeness (QED) is 0.136. The first-order valence-electron chi connectivity index (χ1n) is 11.0. The van der Waals surface area contributed by atoms with Gasteiger partial charge in [-0.05, 0) is 13.3 Å². The lowest BCUT2D eigenvalue weighted by molar-refractivity contribution is -0.143. The van der Waals surface area contributed by atoms with Crippen molar-refractivity contribution in [3.05, 3.63) is 0 Å². The molecule has 0 aromatic rings. The highest BCUT2D eigenvalue weighted by Crippen LogP contribution is 2.20. The second kappa shape index (κ2) is 22.7. The van der Waals surface area contributed by atoms with Crippen LogP contribution in [0.5, 0.6) is 0 Å². The Hall–Kier alpha value is -0.560. The topological polar surface area (TPSA) is 64.6 Å². The third-order valence-electron chi connectivity index (χ3n) is 4.22. The first-order chi connectivity index (χ1) is 13.7. The van der Waals surface area contributed by atoms with Gasteiger partial charge in [0.2, 0.25) is 0 Å². The van der Waals surface area contributed by atoms with E-state index in [1.54, 1.807) is 21.6 Å². The van der Waals surface area contributed by atoms with Crippen LogP contribution in [-0.2, 0) is 14.3 Å². The van der Waals surface area contributed by atoms with Gasteiger partial charge < -0.3 is 14.8 Å². The van der Waals surface area contributed by atoms with Crippen molar-refractivity contribution < 1.29 is 19.1 Å². The number of esters is 1. The number of hydrogen-bond acceptors (Lipinski definition) is 6. The first-order valence-corrected chi connectivity index (χ1v) is 13.5. The predicted molar refractivity (Wildman–Crippen MR) is 122 cm³/mol. The lowest BCUT2D eigenvalue weighted by Gasteiger charge is -2.06. The number of rotatable bonds is 20. The van der Waals surface area contributed by atoms with Crippen LogP contribution in [0.4, 0.5) is 4.79 Å². The minimum atomic E-state index is -0.371. The molecule has 0 unspecified atom stereocenters. The minimum absolute atomic E-state index is 0.0823. The normalized spacial score (nSPS) is 10.6. The van der Waals surface area contributed by atoms with Gasteiger partial charge in [0, 0.05) is 24.5 Å². The summed E-state index contributed by atoms with van der Waals surface area (Å²) in [6, 6.07) is 0. The van der Waals surface area contributed by atoms with Crippen LogP contribution in [0.3, 0.4) is 0 Å². The van der Waals surface area contributed by atoms with E-state index in [1.807, 2.05) is 6.92 Å². The van der Waals surface area contributed by atoms with E-state index >= 15 is 0 Å². The molecule has 28 heavy (non-hydrogen) atoms. The molecule has 7 heteroatoms. The van der Waals surface area contributed by atoms with Gasteiger partial charge in [-0.15, -0.1) is 0 Å². The number of carbonyl (C=O) groups excluding carboxylic acids is 2. The highest BCUT2D eigenvalue weighted by atomic mass is 33.1. The van der Waals surface area contributed by atoms with Crippen molar-refractivity contribution >= 4 is 33.7 Å². The largest absolute Gasteiger partial charge is 0.465 e. The van der Waals surface area contributed by atoms with Gasteiger partial charge in [-0.3, -0.25) is 4.79 Å². The molecule has 0 aromatic heterocycles. The Morgan fingerprint density at radius 3 is 1.75 bits per heavy atom. The molecule has 0 rings (SSSR count). The van der Waals surface area contributed by atoms with Gasteiger partial charge >= 0.3 is 12.1 Å². The maximum absolute atomic E-state index is 11.7. The van der Waals surface area contributed by atoms with Crippen LogP contribution >= 0.6 is 21.6 Å². The fourth-order valence-corrected chi connectivity index (χ4v) is 4.33. The van der Waals surface area contributed by atoms with Crippen molar-refractivity contribution in [2.75, 3.05) is 31.3 Å². The van der Waals surface area contributed by atoms with Crippen LogP contribution in [0.1, 0.15) is 90.9 Å². The molecule has 0 aliphatic rings. The van der Waals surface area contributed by atoms with Crippen LogP contribution in [-0.4, -0.2) is 43.3 Å². The molecule has 0 bridgehead atoms. The van der Waals surface area contributed by atoms with E-state index in [4.69, 9.17) is 9.47 Å². The summed E-state index contributed by atoms with van der Waals surface area (Å²) in [4.78, 5) is 22.7. The number of ether oxygens (including phenoxy) is 2. The van der Waals surface area contributed by atoms with E-state index in [2.05, 4.69) is 12.2 Å². The summed E-state index contributed by atoms with van der Waals surface area (Å²) in [7, 11) is 3.25. The summed E-state index contributed by atoms with van der Waals surface area (Å²) in [6.45, 7) is 5.52. The fourth-order valence-electron chi connectivity index (χ4n) is 2.68. The van der Waals surface area contributed by atoms with E-state index < -0.39 is 0 Å². The highest BCUT2D eigenvalue weighted by molar-refractivity contribution is 8.76. The van der Waals surface area contributed by atoms with Gasteiger partial charge in [0.25, 0.3) is 0 Å². The molecule has 0 spiro atoms. The summed E-state index contributed by atoms with van der Waals surface area (Å²) in [5.74, 6) is 1.41. The summed E-state index contributed by atoms with van der Waals surface area (Å²) < 4.78 is 10.2. The third kappa shape index (κ3) is 21.7. The lowest BCUT2D eigenvalue weighted by atomic mass is 10.1. The zero-order chi connectivity index (χ0) is 20.7. The highest BCUT2D eigenvalue weighted by Gasteiger charge is 2.03. The van der Waals surface area contributed by atoms with E-state index in [-0.39, 0.29) is 12.1 Å². The molecule has 166 valence electrons. The van der Waals surface area contributed by atoms with Gasteiger partial charge in [-0.25, -0.2) is 4.79 Å². The Balaban J connectivity index is 3.20. The van der Waals surface area contributed by atoms with E-state index in [1.165, 1.54) is 57.8 Å². The minimum Gasteiger partial charge on any atom is -0.465 e. The van der Waals surface area contributed by atoms with Crippen LogP contribution < -0.4 is 5.32 Å². The van der Waals surface area contributed by atoms with Gasteiger partial charge in [0.1, 0.15) is 13.2 Å². The van der Waals surface area contributed by atoms with Gasteiger partial charge in [-0.1, -0.05) is 92.7 Å². The second-order valence-corrected chi connectivity index (χ2v) is 9.52. The Morgan fingerprint density at radius 2 is 1.21 bits per heavy atom. The maximum Gasteiger partial charge on any atom is 0.407 e. The third-order valence-corrected chi connectivity index (χ3v) is 6.55. The predicted octanol–water partition coefficient (Wildman–Crippen LogP) is 6.36. The average molecular weight is 436 g/mol. The zero-order valence-corrected chi connectivity index (χ0v) is 19.6. The van der Waals surface area contributed by atoms with Crippen LogP contribution in [0.15, 0.2) is 0 Å². The van der Waals surface area contributed by atoms with E-state index in [0.717, 1.165) is 24.3 Å². The van der Waals surface area contributed by atoms with Crippen molar-refractivity contribution in [1.29, 1.82) is 0 Å². The monoisotopic (exact) mass is 435 g/mol. The molecular formula is C21H41NO4S2. The fraction of sp³-hybridized carbons (Fsp3) is 0.905. The number of hydrogen-bond donors (Lipinski definition) is 1. The van der Waals surface area contributed by atoms with E-state index in [0.29, 0.717) is 26.2 Å². The Labute approximate surface area is 180 Å². The number of carbonyl (C=O) groups is 2. The zero-order valence-electron chi connectivity index (χ0n) is 18.0. The lowest BCUT2D eigenvalue weighted by Crippen LogP contribution is -2.24.